The van der Waals surface area contributed by atoms with Gasteiger partial charge in [-0.3, -0.25) is 4.68 Å². The molecule has 5 N–H and O–H groups in total. The van der Waals surface area contributed by atoms with Crippen molar-refractivity contribution >= 4 is 29.3 Å². The van der Waals surface area contributed by atoms with Crippen molar-refractivity contribution < 1.29 is 9.13 Å². The topological polar surface area (TPSA) is 116 Å². The number of aromatic nitrogens is 3. The van der Waals surface area contributed by atoms with Crippen LogP contribution in [0.3, 0.4) is 0 Å². The summed E-state index contributed by atoms with van der Waals surface area (Å²) in [5, 5.41) is 12.7. The largest absolute Gasteiger partial charge is 0.485 e. The minimum absolute atomic E-state index is 0.0368. The van der Waals surface area contributed by atoms with E-state index in [1.807, 2.05) is 6.92 Å². The lowest BCUT2D eigenvalue weighted by Crippen LogP contribution is -2.11. The summed E-state index contributed by atoms with van der Waals surface area (Å²) in [6.07, 6.45) is 3.09. The first-order valence-corrected chi connectivity index (χ1v) is 9.72. The molecule has 1 aliphatic rings. The summed E-state index contributed by atoms with van der Waals surface area (Å²) in [5.74, 6) is 0.166. The van der Waals surface area contributed by atoms with Crippen LogP contribution in [0, 0.1) is 11.2 Å². The van der Waals surface area contributed by atoms with Crippen molar-refractivity contribution in [1.82, 2.24) is 14.8 Å². The zero-order valence-corrected chi connectivity index (χ0v) is 17.0. The number of nitrogens with two attached hydrogens (primary N) is 2. The SMILES string of the molecule is CCn1nc(Cl)c2c1-c1cnc(N)c(c1)OCc1cc(F)ccc1/C(N)=C(/C=N)C2. The van der Waals surface area contributed by atoms with Gasteiger partial charge in [0, 0.05) is 53.3 Å². The van der Waals surface area contributed by atoms with Gasteiger partial charge < -0.3 is 21.6 Å². The van der Waals surface area contributed by atoms with Crippen LogP contribution in [0.2, 0.25) is 5.15 Å². The van der Waals surface area contributed by atoms with E-state index in [1.165, 1.54) is 18.3 Å². The van der Waals surface area contributed by atoms with E-state index in [9.17, 15) is 4.39 Å². The Bertz CT molecular complexity index is 1190. The highest BCUT2D eigenvalue weighted by Crippen LogP contribution is 2.36. The Morgan fingerprint density at radius 2 is 2.13 bits per heavy atom. The van der Waals surface area contributed by atoms with Crippen LogP contribution in [0.1, 0.15) is 23.6 Å². The molecule has 1 aliphatic heterocycles. The van der Waals surface area contributed by atoms with E-state index in [-0.39, 0.29) is 18.8 Å². The van der Waals surface area contributed by atoms with Gasteiger partial charge in [0.2, 0.25) is 0 Å². The first kappa shape index (κ1) is 19.9. The summed E-state index contributed by atoms with van der Waals surface area (Å²) in [6, 6.07) is 6.03. The Morgan fingerprint density at radius 3 is 2.87 bits per heavy atom. The van der Waals surface area contributed by atoms with Gasteiger partial charge in [0.25, 0.3) is 0 Å². The lowest BCUT2D eigenvalue weighted by molar-refractivity contribution is 0.306. The van der Waals surface area contributed by atoms with Gasteiger partial charge in [0.05, 0.1) is 5.69 Å². The van der Waals surface area contributed by atoms with Crippen LogP contribution in [0.25, 0.3) is 17.0 Å². The van der Waals surface area contributed by atoms with Gasteiger partial charge in [-0.1, -0.05) is 11.6 Å². The Labute approximate surface area is 177 Å². The predicted molar refractivity (Wildman–Crippen MR) is 115 cm³/mol. The number of halogens is 2. The number of hydrogen-bond donors (Lipinski definition) is 3. The molecule has 4 rings (SSSR count). The minimum Gasteiger partial charge on any atom is -0.485 e. The van der Waals surface area contributed by atoms with Gasteiger partial charge >= 0.3 is 0 Å². The lowest BCUT2D eigenvalue weighted by Gasteiger charge is -2.17. The first-order valence-electron chi connectivity index (χ1n) is 9.34. The number of allylic oxidation sites excluding steroid dienone is 1. The van der Waals surface area contributed by atoms with Crippen molar-refractivity contribution in [3.63, 3.8) is 0 Å². The van der Waals surface area contributed by atoms with Gasteiger partial charge in [-0.2, -0.15) is 5.10 Å². The highest BCUT2D eigenvalue weighted by atomic mass is 35.5. The molecule has 2 bridgehead atoms. The third-order valence-corrected chi connectivity index (χ3v) is 5.39. The van der Waals surface area contributed by atoms with E-state index in [0.717, 1.165) is 11.3 Å². The van der Waals surface area contributed by atoms with E-state index < -0.39 is 5.82 Å². The molecule has 0 radical (unpaired) electrons. The summed E-state index contributed by atoms with van der Waals surface area (Å²) in [4.78, 5) is 4.25. The number of nitrogen functional groups attached to an aromatic ring is 1. The van der Waals surface area contributed by atoms with Gasteiger partial charge in [-0.25, -0.2) is 9.37 Å². The highest BCUT2D eigenvalue weighted by Gasteiger charge is 2.22. The van der Waals surface area contributed by atoms with Crippen LogP contribution in [0.5, 0.6) is 5.75 Å². The second-order valence-electron chi connectivity index (χ2n) is 6.89. The number of anilines is 1. The van der Waals surface area contributed by atoms with E-state index in [1.54, 1.807) is 23.0 Å². The molecule has 0 amide bonds. The van der Waals surface area contributed by atoms with Crippen molar-refractivity contribution in [2.24, 2.45) is 5.73 Å². The maximum atomic E-state index is 13.9. The van der Waals surface area contributed by atoms with Gasteiger partial charge in [-0.15, -0.1) is 0 Å². The Kier molecular flexibility index (Phi) is 5.17. The van der Waals surface area contributed by atoms with E-state index in [0.29, 0.717) is 45.4 Å². The van der Waals surface area contributed by atoms with Crippen LogP contribution in [-0.4, -0.2) is 21.0 Å². The molecular formula is C21H20ClFN6O. The smallest absolute Gasteiger partial charge is 0.166 e. The standard InChI is InChI=1S/C21H20ClFN6O/c1-2-29-19-12-7-17(21(26)27-9-12)30-10-13-5-14(23)3-4-15(13)18(25)11(8-24)6-16(19)20(22)28-29/h3-5,7-9,24H,2,6,10,25H2,1H3,(H2,26,27)/b18-11-,24-8?. The van der Waals surface area contributed by atoms with Gasteiger partial charge in [-0.05, 0) is 36.8 Å². The summed E-state index contributed by atoms with van der Waals surface area (Å²) in [5.41, 5.74) is 16.6. The lowest BCUT2D eigenvalue weighted by atomic mass is 9.96. The monoisotopic (exact) mass is 426 g/mol. The molecule has 0 saturated carbocycles. The van der Waals surface area contributed by atoms with Crippen LogP contribution >= 0.6 is 11.6 Å². The molecule has 0 atom stereocenters. The van der Waals surface area contributed by atoms with Crippen LogP contribution in [0.4, 0.5) is 10.2 Å². The number of hydrogen-bond acceptors (Lipinski definition) is 6. The number of benzene rings is 1. The fraction of sp³-hybridized carbons (Fsp3) is 0.190. The summed E-state index contributed by atoms with van der Waals surface area (Å²) >= 11 is 6.47. The highest BCUT2D eigenvalue weighted by molar-refractivity contribution is 6.30. The van der Waals surface area contributed by atoms with Crippen LogP contribution in [-0.2, 0) is 19.6 Å². The number of nitrogens with zero attached hydrogens (tertiary/aromatic N) is 3. The number of rotatable bonds is 2. The quantitative estimate of drug-likeness (QED) is 0.539. The van der Waals surface area contributed by atoms with E-state index >= 15 is 0 Å². The van der Waals surface area contributed by atoms with Crippen LogP contribution in [0.15, 0.2) is 36.0 Å². The van der Waals surface area contributed by atoms with E-state index in [4.69, 9.17) is 33.2 Å². The molecule has 1 aromatic carbocycles. The molecule has 154 valence electrons. The summed E-state index contributed by atoms with van der Waals surface area (Å²) < 4.78 is 21.6. The number of ether oxygens (including phenoxy) is 1. The van der Waals surface area contributed by atoms with Crippen molar-refractivity contribution in [1.29, 1.82) is 5.41 Å². The molecule has 0 unspecified atom stereocenters. The van der Waals surface area contributed by atoms with Gasteiger partial charge in [0.15, 0.2) is 16.7 Å². The molecule has 3 aromatic rings. The van der Waals surface area contributed by atoms with Gasteiger partial charge in [0.1, 0.15) is 12.4 Å². The van der Waals surface area contributed by atoms with E-state index in [2.05, 4.69) is 10.1 Å². The molecule has 9 heteroatoms. The fourth-order valence-electron chi connectivity index (χ4n) is 3.57. The molecule has 0 aliphatic carbocycles. The molecule has 2 aromatic heterocycles. The molecule has 7 nitrogen and oxygen atoms in total. The predicted octanol–water partition coefficient (Wildman–Crippen LogP) is 3.79. The Morgan fingerprint density at radius 1 is 1.33 bits per heavy atom. The number of pyridine rings is 1. The van der Waals surface area contributed by atoms with Crippen molar-refractivity contribution in [3.05, 3.63) is 63.7 Å². The zero-order chi connectivity index (χ0) is 21.4. The number of nitrogens with one attached hydrogen (secondary N) is 1. The average molecular weight is 427 g/mol. The maximum Gasteiger partial charge on any atom is 0.166 e. The molecule has 0 fully saturated rings. The summed E-state index contributed by atoms with van der Waals surface area (Å²) in [6.45, 7) is 2.57. The minimum atomic E-state index is -0.414. The first-order chi connectivity index (χ1) is 14.4. The average Bonchev–Trinajstić information content (AvgIpc) is 3.05. The normalized spacial score (nSPS) is 16.0. The third kappa shape index (κ3) is 3.39. The third-order valence-electron chi connectivity index (χ3n) is 5.08. The molecule has 0 spiro atoms. The Hall–Kier alpha value is -3.39. The molecule has 0 saturated heterocycles. The number of aryl methyl sites for hydroxylation is 1. The number of fused-ring (bicyclic) bond motifs is 5. The molecule has 30 heavy (non-hydrogen) atoms. The molecule has 3 heterocycles. The van der Waals surface area contributed by atoms with Crippen molar-refractivity contribution in [2.45, 2.75) is 26.5 Å². The molecular weight excluding hydrogens is 407 g/mol. The second-order valence-corrected chi connectivity index (χ2v) is 7.25. The Balaban J connectivity index is 2.02. The maximum absolute atomic E-state index is 13.9. The fourth-order valence-corrected chi connectivity index (χ4v) is 3.81. The second kappa shape index (κ2) is 7.79. The van der Waals surface area contributed by atoms with Crippen molar-refractivity contribution in [2.75, 3.05) is 5.73 Å². The van der Waals surface area contributed by atoms with Crippen molar-refractivity contribution in [3.8, 4) is 17.0 Å². The zero-order valence-electron chi connectivity index (χ0n) is 16.2. The summed E-state index contributed by atoms with van der Waals surface area (Å²) in [7, 11) is 0. The van der Waals surface area contributed by atoms with Crippen LogP contribution < -0.4 is 16.2 Å².